The van der Waals surface area contributed by atoms with Gasteiger partial charge in [0.2, 0.25) is 0 Å². The van der Waals surface area contributed by atoms with Gasteiger partial charge >= 0.3 is 0 Å². The lowest BCUT2D eigenvalue weighted by atomic mass is 9.99. The quantitative estimate of drug-likeness (QED) is 0.821. The first kappa shape index (κ1) is 12.7. The van der Waals surface area contributed by atoms with Crippen LogP contribution in [0.15, 0.2) is 11.2 Å². The van der Waals surface area contributed by atoms with Crippen LogP contribution in [0.5, 0.6) is 0 Å². The highest BCUT2D eigenvalue weighted by Crippen LogP contribution is 2.24. The van der Waals surface area contributed by atoms with Gasteiger partial charge in [-0.15, -0.1) is 0 Å². The van der Waals surface area contributed by atoms with Crippen LogP contribution in [0.25, 0.3) is 0 Å². The number of rotatable bonds is 3. The summed E-state index contributed by atoms with van der Waals surface area (Å²) in [6.45, 7) is 7.73. The minimum Gasteiger partial charge on any atom is -0.272 e. The van der Waals surface area contributed by atoms with E-state index in [1.54, 1.807) is 0 Å². The van der Waals surface area contributed by atoms with E-state index in [-0.39, 0.29) is 11.8 Å². The van der Waals surface area contributed by atoms with Gasteiger partial charge in [0, 0.05) is 17.1 Å². The average molecular weight is 246 g/mol. The Hall–Kier alpha value is -1.78. The Balaban J connectivity index is 2.33. The van der Waals surface area contributed by atoms with Crippen LogP contribution in [-0.2, 0) is 4.79 Å². The second-order valence-electron chi connectivity index (χ2n) is 4.68. The zero-order valence-corrected chi connectivity index (χ0v) is 11.3. The number of anilines is 1. The molecule has 1 aliphatic rings. The van der Waals surface area contributed by atoms with Crippen LogP contribution >= 0.6 is 0 Å². The van der Waals surface area contributed by atoms with Gasteiger partial charge in [0.05, 0.1) is 5.92 Å². The van der Waals surface area contributed by atoms with Gasteiger partial charge in [-0.1, -0.05) is 13.3 Å². The molecule has 0 unspecified atom stereocenters. The molecule has 0 saturated heterocycles. The molecule has 0 aliphatic carbocycles. The molecule has 5 heteroatoms. The Morgan fingerprint density at radius 3 is 2.39 bits per heavy atom. The minimum absolute atomic E-state index is 0.0145. The molecule has 0 fully saturated rings. The van der Waals surface area contributed by atoms with E-state index >= 15 is 0 Å². The second-order valence-corrected chi connectivity index (χ2v) is 4.68. The summed E-state index contributed by atoms with van der Waals surface area (Å²) in [6, 6.07) is 1.88. The molecule has 0 aromatic carbocycles. The largest absolute Gasteiger partial charge is 0.272 e. The Morgan fingerprint density at radius 2 is 1.83 bits per heavy atom. The molecule has 1 aliphatic heterocycles. The lowest BCUT2D eigenvalue weighted by molar-refractivity contribution is -0.120. The molecule has 1 atom stereocenters. The van der Waals surface area contributed by atoms with Crippen molar-refractivity contribution in [1.29, 1.82) is 0 Å². The second kappa shape index (κ2) is 4.84. The summed E-state index contributed by atoms with van der Waals surface area (Å²) in [5.41, 5.74) is 2.54. The number of carbonyl (C=O) groups is 1. The SMILES string of the molecule is CCC[C@@H]1C(=O)N(c2nc(C)cc(C)n2)N=C1C. The Labute approximate surface area is 107 Å². The fourth-order valence-corrected chi connectivity index (χ4v) is 2.17. The van der Waals surface area contributed by atoms with Gasteiger partial charge in [0.25, 0.3) is 11.9 Å². The highest BCUT2D eigenvalue weighted by Gasteiger charge is 2.35. The average Bonchev–Trinajstić information content (AvgIpc) is 2.56. The van der Waals surface area contributed by atoms with Crippen LogP contribution in [0.2, 0.25) is 0 Å². The van der Waals surface area contributed by atoms with Gasteiger partial charge < -0.3 is 0 Å². The van der Waals surface area contributed by atoms with Crippen molar-refractivity contribution in [3.05, 3.63) is 17.5 Å². The van der Waals surface area contributed by atoms with Crippen molar-refractivity contribution in [3.8, 4) is 0 Å². The first-order valence-corrected chi connectivity index (χ1v) is 6.24. The molecule has 1 aromatic rings. The number of aromatic nitrogens is 2. The number of amides is 1. The zero-order valence-electron chi connectivity index (χ0n) is 11.3. The van der Waals surface area contributed by atoms with Crippen LogP contribution in [0.4, 0.5) is 5.95 Å². The normalized spacial score (nSPS) is 19.3. The predicted octanol–water partition coefficient (Wildman–Crippen LogP) is 2.23. The first-order chi connectivity index (χ1) is 8.52. The highest BCUT2D eigenvalue weighted by atomic mass is 16.2. The summed E-state index contributed by atoms with van der Waals surface area (Å²) in [7, 11) is 0. The van der Waals surface area contributed by atoms with E-state index in [0.29, 0.717) is 5.95 Å². The zero-order chi connectivity index (χ0) is 13.3. The Bertz CT molecular complexity index is 489. The summed E-state index contributed by atoms with van der Waals surface area (Å²) in [6.07, 6.45) is 1.79. The van der Waals surface area contributed by atoms with Gasteiger partial charge in [0.1, 0.15) is 0 Å². The molecule has 1 aromatic heterocycles. The van der Waals surface area contributed by atoms with Crippen molar-refractivity contribution < 1.29 is 4.79 Å². The highest BCUT2D eigenvalue weighted by molar-refractivity contribution is 6.14. The van der Waals surface area contributed by atoms with Crippen LogP contribution in [0.1, 0.15) is 38.1 Å². The number of hydrogen-bond acceptors (Lipinski definition) is 4. The lowest BCUT2D eigenvalue weighted by Crippen LogP contribution is -2.28. The van der Waals surface area contributed by atoms with Crippen LogP contribution in [0, 0.1) is 19.8 Å². The molecular weight excluding hydrogens is 228 g/mol. The summed E-state index contributed by atoms with van der Waals surface area (Å²) >= 11 is 0. The lowest BCUT2D eigenvalue weighted by Gasteiger charge is -2.12. The van der Waals surface area contributed by atoms with Gasteiger partial charge in [-0.3, -0.25) is 4.79 Å². The van der Waals surface area contributed by atoms with Crippen molar-refractivity contribution in [2.45, 2.75) is 40.5 Å². The van der Waals surface area contributed by atoms with E-state index in [9.17, 15) is 4.79 Å². The van der Waals surface area contributed by atoms with Crippen LogP contribution in [0.3, 0.4) is 0 Å². The van der Waals surface area contributed by atoms with E-state index in [1.807, 2.05) is 26.8 Å². The predicted molar refractivity (Wildman–Crippen MR) is 70.5 cm³/mol. The fourth-order valence-electron chi connectivity index (χ4n) is 2.17. The Kier molecular flexibility index (Phi) is 3.41. The molecule has 2 rings (SSSR count). The maximum atomic E-state index is 12.3. The molecule has 18 heavy (non-hydrogen) atoms. The Morgan fingerprint density at radius 1 is 1.22 bits per heavy atom. The molecule has 96 valence electrons. The molecule has 1 amide bonds. The number of nitrogens with zero attached hydrogens (tertiary/aromatic N) is 4. The number of carbonyl (C=O) groups excluding carboxylic acids is 1. The molecule has 0 bridgehead atoms. The van der Waals surface area contributed by atoms with Crippen LogP contribution in [-0.4, -0.2) is 21.6 Å². The molecule has 0 N–H and O–H groups in total. The maximum absolute atomic E-state index is 12.3. The van der Waals surface area contributed by atoms with E-state index in [4.69, 9.17) is 0 Å². The molecule has 0 saturated carbocycles. The third-order valence-corrected chi connectivity index (χ3v) is 3.01. The summed E-state index contributed by atoms with van der Waals surface area (Å²) in [4.78, 5) is 20.8. The first-order valence-electron chi connectivity index (χ1n) is 6.24. The van der Waals surface area contributed by atoms with Crippen molar-refractivity contribution in [2.75, 3.05) is 5.01 Å². The minimum atomic E-state index is -0.112. The van der Waals surface area contributed by atoms with Crippen molar-refractivity contribution >= 4 is 17.6 Å². The van der Waals surface area contributed by atoms with Crippen molar-refractivity contribution in [1.82, 2.24) is 9.97 Å². The number of hydrogen-bond donors (Lipinski definition) is 0. The summed E-state index contributed by atoms with van der Waals surface area (Å²) in [5, 5.41) is 5.64. The van der Waals surface area contributed by atoms with Gasteiger partial charge in [-0.05, 0) is 33.3 Å². The monoisotopic (exact) mass is 246 g/mol. The number of aryl methyl sites for hydroxylation is 2. The van der Waals surface area contributed by atoms with Gasteiger partial charge in [0.15, 0.2) is 0 Å². The molecule has 5 nitrogen and oxygen atoms in total. The molecule has 0 spiro atoms. The van der Waals surface area contributed by atoms with Crippen molar-refractivity contribution in [2.24, 2.45) is 11.0 Å². The van der Waals surface area contributed by atoms with E-state index < -0.39 is 0 Å². The molecular formula is C13H18N4O. The fraction of sp³-hybridized carbons (Fsp3) is 0.538. The van der Waals surface area contributed by atoms with Gasteiger partial charge in [-0.2, -0.15) is 10.1 Å². The molecule has 0 radical (unpaired) electrons. The standard InChI is InChI=1S/C13H18N4O/c1-5-6-11-10(4)16-17(12(11)18)13-14-8(2)7-9(3)15-13/h7,11H,5-6H2,1-4H3/t11-/m0/s1. The smallest absolute Gasteiger partial charge is 0.258 e. The topological polar surface area (TPSA) is 58.5 Å². The maximum Gasteiger partial charge on any atom is 0.258 e. The van der Waals surface area contributed by atoms with E-state index in [1.165, 1.54) is 5.01 Å². The van der Waals surface area contributed by atoms with E-state index in [2.05, 4.69) is 22.0 Å². The van der Waals surface area contributed by atoms with E-state index in [0.717, 1.165) is 29.9 Å². The van der Waals surface area contributed by atoms with Crippen molar-refractivity contribution in [3.63, 3.8) is 0 Å². The summed E-state index contributed by atoms with van der Waals surface area (Å²) in [5.74, 6) is 0.259. The third-order valence-electron chi connectivity index (χ3n) is 3.01. The third kappa shape index (κ3) is 2.25. The van der Waals surface area contributed by atoms with Crippen LogP contribution < -0.4 is 5.01 Å². The number of hydrazone groups is 1. The van der Waals surface area contributed by atoms with Gasteiger partial charge in [-0.25, -0.2) is 9.97 Å². The summed E-state index contributed by atoms with van der Waals surface area (Å²) < 4.78 is 0. The molecule has 2 heterocycles.